The van der Waals surface area contributed by atoms with Gasteiger partial charge in [-0.05, 0) is 74.3 Å². The van der Waals surface area contributed by atoms with E-state index in [2.05, 4.69) is 36.1 Å². The second-order valence-corrected chi connectivity index (χ2v) is 10.2. The van der Waals surface area contributed by atoms with Gasteiger partial charge in [0.25, 0.3) is 5.91 Å². The molecule has 4 heteroatoms. The predicted molar refractivity (Wildman–Crippen MR) is 138 cm³/mol. The highest BCUT2D eigenvalue weighted by Crippen LogP contribution is 2.16. The molecule has 0 bridgehead atoms. The first-order valence-corrected chi connectivity index (χ1v) is 14.2. The second kappa shape index (κ2) is 17.4. The summed E-state index contributed by atoms with van der Waals surface area (Å²) in [5.41, 5.74) is 1.95. The van der Waals surface area contributed by atoms with Crippen molar-refractivity contribution in [3.05, 3.63) is 29.8 Å². The third-order valence-corrected chi connectivity index (χ3v) is 7.37. The summed E-state index contributed by atoms with van der Waals surface area (Å²) in [6, 6.07) is 8.06. The molecule has 0 atom stereocenters. The summed E-state index contributed by atoms with van der Waals surface area (Å²) < 4.78 is 0. The normalized spacial score (nSPS) is 14.0. The second-order valence-electron chi connectivity index (χ2n) is 9.00. The van der Waals surface area contributed by atoms with Crippen LogP contribution in [0, 0.1) is 0 Å². The quantitative estimate of drug-likeness (QED) is 0.248. The summed E-state index contributed by atoms with van der Waals surface area (Å²) in [6.45, 7) is 5.12. The van der Waals surface area contributed by atoms with Crippen LogP contribution in [-0.4, -0.2) is 41.9 Å². The van der Waals surface area contributed by atoms with Crippen LogP contribution < -0.4 is 5.32 Å². The molecular weight excluding hydrogens is 400 g/mol. The maximum absolute atomic E-state index is 12.5. The molecule has 1 fully saturated rings. The largest absolute Gasteiger partial charge is 0.385 e. The van der Waals surface area contributed by atoms with Crippen molar-refractivity contribution >= 4 is 23.4 Å². The van der Waals surface area contributed by atoms with Crippen LogP contribution in [0.5, 0.6) is 0 Å². The van der Waals surface area contributed by atoms with Gasteiger partial charge in [0, 0.05) is 30.9 Å². The first-order chi connectivity index (χ1) is 15.3. The van der Waals surface area contributed by atoms with Crippen molar-refractivity contribution in [3.63, 3.8) is 0 Å². The van der Waals surface area contributed by atoms with Crippen molar-refractivity contribution in [2.24, 2.45) is 0 Å². The maximum atomic E-state index is 12.5. The van der Waals surface area contributed by atoms with E-state index in [-0.39, 0.29) is 5.91 Å². The highest BCUT2D eigenvalue weighted by atomic mass is 32.2. The molecule has 0 radical (unpaired) electrons. The Kier molecular flexibility index (Phi) is 14.6. The number of amides is 1. The van der Waals surface area contributed by atoms with Crippen molar-refractivity contribution in [1.82, 2.24) is 4.90 Å². The van der Waals surface area contributed by atoms with Gasteiger partial charge in [-0.1, -0.05) is 58.3 Å². The monoisotopic (exact) mass is 446 g/mol. The number of nitrogens with one attached hydrogen (secondary N) is 1. The molecule has 1 amide bonds. The Bertz CT molecular complexity index is 569. The Balaban J connectivity index is 1.41. The van der Waals surface area contributed by atoms with E-state index in [1.807, 2.05) is 17.0 Å². The van der Waals surface area contributed by atoms with Crippen LogP contribution in [0.2, 0.25) is 0 Å². The number of thioether (sulfide) groups is 1. The molecule has 1 aliphatic heterocycles. The summed E-state index contributed by atoms with van der Waals surface area (Å²) in [4.78, 5) is 14.5. The molecule has 1 aliphatic rings. The fraction of sp³-hybridized carbons (Fsp3) is 0.741. The summed E-state index contributed by atoms with van der Waals surface area (Å²) in [7, 11) is 0. The fourth-order valence-electron chi connectivity index (χ4n) is 4.16. The predicted octanol–water partition coefficient (Wildman–Crippen LogP) is 7.77. The molecule has 1 aromatic rings. The van der Waals surface area contributed by atoms with Crippen molar-refractivity contribution in [2.75, 3.05) is 36.5 Å². The lowest BCUT2D eigenvalue weighted by Crippen LogP contribution is -2.35. The lowest BCUT2D eigenvalue weighted by Gasteiger charge is -2.26. The minimum absolute atomic E-state index is 0.192. The number of carbonyl (C=O) groups excluding carboxylic acids is 1. The molecule has 0 aliphatic carbocycles. The molecule has 2 rings (SSSR count). The average Bonchev–Trinajstić information content (AvgIpc) is 2.82. The first kappa shape index (κ1) is 26.1. The van der Waals surface area contributed by atoms with E-state index in [1.54, 1.807) is 0 Å². The van der Waals surface area contributed by atoms with E-state index < -0.39 is 0 Å². The van der Waals surface area contributed by atoms with E-state index >= 15 is 0 Å². The average molecular weight is 447 g/mol. The van der Waals surface area contributed by atoms with Crippen LogP contribution in [0.1, 0.15) is 107 Å². The van der Waals surface area contributed by atoms with Gasteiger partial charge in [-0.25, -0.2) is 0 Å². The number of likely N-dealkylation sites (tertiary alicyclic amines) is 1. The van der Waals surface area contributed by atoms with Gasteiger partial charge >= 0.3 is 0 Å². The minimum atomic E-state index is 0.192. The molecule has 0 aromatic heterocycles. The zero-order valence-electron chi connectivity index (χ0n) is 20.0. The molecule has 1 aromatic carbocycles. The van der Waals surface area contributed by atoms with Crippen molar-refractivity contribution in [1.29, 1.82) is 0 Å². The van der Waals surface area contributed by atoms with Crippen LogP contribution >= 0.6 is 11.8 Å². The van der Waals surface area contributed by atoms with Gasteiger partial charge < -0.3 is 10.2 Å². The lowest BCUT2D eigenvalue weighted by atomic mass is 10.1. The van der Waals surface area contributed by atoms with Gasteiger partial charge in [-0.3, -0.25) is 4.79 Å². The Labute approximate surface area is 196 Å². The summed E-state index contributed by atoms with van der Waals surface area (Å²) in [6.07, 6.45) is 18.6. The number of benzene rings is 1. The number of nitrogens with zero attached hydrogens (tertiary/aromatic N) is 1. The molecule has 1 N–H and O–H groups in total. The molecule has 1 heterocycles. The molecule has 0 unspecified atom stereocenters. The number of unbranched alkanes of at least 4 members (excludes halogenated alkanes) is 9. The highest BCUT2D eigenvalue weighted by Gasteiger charge is 2.17. The van der Waals surface area contributed by atoms with E-state index in [4.69, 9.17) is 0 Å². The van der Waals surface area contributed by atoms with E-state index in [0.717, 1.165) is 43.7 Å². The molecule has 31 heavy (non-hydrogen) atoms. The minimum Gasteiger partial charge on any atom is -0.385 e. The number of hydrogen-bond donors (Lipinski definition) is 1. The lowest BCUT2D eigenvalue weighted by molar-refractivity contribution is 0.0724. The molecule has 176 valence electrons. The SMILES string of the molecule is CCCCSCCCCCCCCCCCNc1ccc(C(=O)N2CCCCC2)cc1. The van der Waals surface area contributed by atoms with Gasteiger partial charge in [0.05, 0.1) is 0 Å². The zero-order valence-corrected chi connectivity index (χ0v) is 20.8. The summed E-state index contributed by atoms with van der Waals surface area (Å²) in [5.74, 6) is 2.91. The number of carbonyl (C=O) groups is 1. The van der Waals surface area contributed by atoms with E-state index in [1.165, 1.54) is 88.6 Å². The van der Waals surface area contributed by atoms with E-state index in [9.17, 15) is 4.79 Å². The van der Waals surface area contributed by atoms with Crippen molar-refractivity contribution in [2.45, 2.75) is 96.8 Å². The molecule has 1 saturated heterocycles. The standard InChI is InChI=1S/C27H46N2OS/c1-2-3-23-31-24-15-10-8-6-4-5-7-9-12-20-28-26-18-16-25(17-19-26)27(30)29-21-13-11-14-22-29/h16-19,28H,2-15,20-24H2,1H3. The number of rotatable bonds is 17. The Morgan fingerprint density at radius 1 is 0.806 bits per heavy atom. The van der Waals surface area contributed by atoms with Crippen LogP contribution in [-0.2, 0) is 0 Å². The summed E-state index contributed by atoms with van der Waals surface area (Å²) >= 11 is 2.14. The van der Waals surface area contributed by atoms with Crippen LogP contribution in [0.4, 0.5) is 5.69 Å². The maximum Gasteiger partial charge on any atom is 0.253 e. The molecule has 0 saturated carbocycles. The smallest absolute Gasteiger partial charge is 0.253 e. The number of piperidine rings is 1. The Morgan fingerprint density at radius 3 is 2.03 bits per heavy atom. The molecule has 3 nitrogen and oxygen atoms in total. The van der Waals surface area contributed by atoms with Crippen LogP contribution in [0.15, 0.2) is 24.3 Å². The number of anilines is 1. The topological polar surface area (TPSA) is 32.3 Å². The van der Waals surface area contributed by atoms with Crippen molar-refractivity contribution in [3.8, 4) is 0 Å². The van der Waals surface area contributed by atoms with E-state index in [0.29, 0.717) is 0 Å². The number of hydrogen-bond acceptors (Lipinski definition) is 3. The third kappa shape index (κ3) is 11.9. The van der Waals surface area contributed by atoms with Gasteiger partial charge in [-0.15, -0.1) is 0 Å². The molecular formula is C27H46N2OS. The fourth-order valence-corrected chi connectivity index (χ4v) is 5.26. The van der Waals surface area contributed by atoms with Crippen LogP contribution in [0.3, 0.4) is 0 Å². The highest BCUT2D eigenvalue weighted by molar-refractivity contribution is 7.99. The molecule has 0 spiro atoms. The van der Waals surface area contributed by atoms with Gasteiger partial charge in [0.1, 0.15) is 0 Å². The zero-order chi connectivity index (χ0) is 22.0. The van der Waals surface area contributed by atoms with Crippen molar-refractivity contribution < 1.29 is 4.79 Å². The van der Waals surface area contributed by atoms with Gasteiger partial charge in [0.2, 0.25) is 0 Å². The van der Waals surface area contributed by atoms with Gasteiger partial charge in [0.15, 0.2) is 0 Å². The van der Waals surface area contributed by atoms with Crippen LogP contribution in [0.25, 0.3) is 0 Å². The Hall–Kier alpha value is -1.16. The first-order valence-electron chi connectivity index (χ1n) is 13.0. The third-order valence-electron chi connectivity index (χ3n) is 6.21. The Morgan fingerprint density at radius 2 is 1.39 bits per heavy atom. The summed E-state index contributed by atoms with van der Waals surface area (Å²) in [5, 5.41) is 3.51. The van der Waals surface area contributed by atoms with Gasteiger partial charge in [-0.2, -0.15) is 11.8 Å².